The first-order valence-electron chi connectivity index (χ1n) is 7.60. The molecule has 1 aliphatic carbocycles. The van der Waals surface area contributed by atoms with E-state index in [1.165, 1.54) is 18.7 Å². The third-order valence-corrected chi connectivity index (χ3v) is 8.88. The van der Waals surface area contributed by atoms with Crippen LogP contribution in [0.25, 0.3) is 0 Å². The van der Waals surface area contributed by atoms with Crippen LogP contribution in [0.5, 0.6) is 0 Å². The minimum absolute atomic E-state index is 0.0793. The molecule has 0 saturated heterocycles. The Morgan fingerprint density at radius 3 is 2.40 bits per heavy atom. The Morgan fingerprint density at radius 2 is 1.84 bits per heavy atom. The van der Waals surface area contributed by atoms with Gasteiger partial charge in [-0.3, -0.25) is 13.9 Å². The number of rotatable bonds is 7. The second kappa shape index (κ2) is 7.53. The van der Waals surface area contributed by atoms with E-state index >= 15 is 0 Å². The molecule has 1 heterocycles. The van der Waals surface area contributed by atoms with Crippen LogP contribution < -0.4 is 5.32 Å². The number of hydrogen-bond donors (Lipinski definition) is 5. The number of fused-ring (bicyclic) bond motifs is 1. The van der Waals surface area contributed by atoms with Crippen LogP contribution in [-0.4, -0.2) is 41.9 Å². The van der Waals surface area contributed by atoms with Gasteiger partial charge in [-0.1, -0.05) is 23.4 Å². The minimum Gasteiger partial charge on any atom is -0.381 e. The molecule has 0 atom stereocenters. The van der Waals surface area contributed by atoms with Crippen molar-refractivity contribution >= 4 is 32.1 Å². The highest BCUT2D eigenvalue weighted by Gasteiger charge is 2.59. The van der Waals surface area contributed by atoms with Gasteiger partial charge in [-0.2, -0.15) is 0 Å². The topological polar surface area (TPSA) is 144 Å². The maximum Gasteiger partial charge on any atom is 0.351 e. The quantitative estimate of drug-likeness (QED) is 0.314. The third kappa shape index (κ3) is 4.55. The highest BCUT2D eigenvalue weighted by molar-refractivity contribution is 8.13. The third-order valence-electron chi connectivity index (χ3n) is 4.03. The van der Waals surface area contributed by atoms with E-state index in [4.69, 9.17) is 0 Å². The number of allylic oxidation sites excluding steroid dienone is 3. The van der Waals surface area contributed by atoms with Crippen molar-refractivity contribution in [2.45, 2.75) is 31.1 Å². The minimum atomic E-state index is -5.12. The van der Waals surface area contributed by atoms with Crippen molar-refractivity contribution in [3.63, 3.8) is 0 Å². The molecule has 0 amide bonds. The average molecular weight is 409 g/mol. The summed E-state index contributed by atoms with van der Waals surface area (Å²) >= 11 is 1.27. The summed E-state index contributed by atoms with van der Waals surface area (Å²) in [5.41, 5.74) is 1.68. The first-order chi connectivity index (χ1) is 11.5. The number of hydrogen-bond acceptors (Lipinski definition) is 5. The van der Waals surface area contributed by atoms with Gasteiger partial charge in [0.1, 0.15) is 0 Å². The lowest BCUT2D eigenvalue weighted by atomic mass is 10.0. The molecule has 0 unspecified atom stereocenters. The molecule has 0 aromatic rings. The van der Waals surface area contributed by atoms with Crippen LogP contribution in [0.15, 0.2) is 35.1 Å². The van der Waals surface area contributed by atoms with Crippen LogP contribution in [0.4, 0.5) is 0 Å². The Labute approximate surface area is 149 Å². The standard InChI is InChI=1S/C14H21NO7P2S/c1-10(16)25-5-3-2-4-11-6-12-7-14(23(17,18)19,24(20,21)22)8-13(12)15-9-11/h6-8,15H,2-5,9H2,1H3,(H2,17,18,19)(H2,20,21,22). The zero-order chi connectivity index (χ0) is 18.9. The van der Waals surface area contributed by atoms with Gasteiger partial charge in [0, 0.05) is 24.9 Å². The maximum absolute atomic E-state index is 11.8. The molecule has 2 rings (SSSR count). The molecule has 0 saturated carbocycles. The molecule has 140 valence electrons. The lowest BCUT2D eigenvalue weighted by Crippen LogP contribution is -2.23. The van der Waals surface area contributed by atoms with Crippen LogP contribution in [0, 0.1) is 0 Å². The molecular formula is C14H21NO7P2S. The normalized spacial score (nSPS) is 19.5. The van der Waals surface area contributed by atoms with Crippen molar-refractivity contribution in [1.82, 2.24) is 5.32 Å². The first kappa shape index (κ1) is 20.6. The van der Waals surface area contributed by atoms with Gasteiger partial charge >= 0.3 is 15.2 Å². The first-order valence-corrected chi connectivity index (χ1v) is 11.8. The molecule has 11 heteroatoms. The smallest absolute Gasteiger partial charge is 0.351 e. The van der Waals surface area contributed by atoms with Crippen LogP contribution in [0.3, 0.4) is 0 Å². The van der Waals surface area contributed by atoms with E-state index in [0.29, 0.717) is 17.8 Å². The number of thioether (sulfide) groups is 1. The van der Waals surface area contributed by atoms with Crippen molar-refractivity contribution in [3.8, 4) is 0 Å². The Morgan fingerprint density at radius 1 is 1.20 bits per heavy atom. The molecule has 0 spiro atoms. The number of carbonyl (C=O) groups is 1. The van der Waals surface area contributed by atoms with Gasteiger partial charge in [0.15, 0.2) is 5.12 Å². The Bertz CT molecular complexity index is 724. The highest BCUT2D eigenvalue weighted by atomic mass is 32.2. The summed E-state index contributed by atoms with van der Waals surface area (Å²) in [5, 5.41) is 3.05. The van der Waals surface area contributed by atoms with Gasteiger partial charge in [-0.25, -0.2) is 0 Å². The van der Waals surface area contributed by atoms with Gasteiger partial charge in [0.25, 0.3) is 0 Å². The molecule has 1 aliphatic heterocycles. The van der Waals surface area contributed by atoms with Crippen molar-refractivity contribution in [2.24, 2.45) is 0 Å². The van der Waals surface area contributed by atoms with Gasteiger partial charge in [-0.15, -0.1) is 0 Å². The summed E-state index contributed by atoms with van der Waals surface area (Å²) in [5.74, 6) is 0.739. The fourth-order valence-corrected chi connectivity index (χ4v) is 5.94. The number of unbranched alkanes of at least 4 members (excludes halogenated alkanes) is 1. The summed E-state index contributed by atoms with van der Waals surface area (Å²) in [7, 11) is -10.2. The molecule has 5 N–H and O–H groups in total. The molecule has 0 fully saturated rings. The molecular weight excluding hydrogens is 388 g/mol. The zero-order valence-corrected chi connectivity index (χ0v) is 16.2. The van der Waals surface area contributed by atoms with E-state index in [0.717, 1.165) is 42.7 Å². The molecule has 2 aliphatic rings. The van der Waals surface area contributed by atoms with E-state index in [1.54, 1.807) is 6.08 Å². The predicted molar refractivity (Wildman–Crippen MR) is 96.1 cm³/mol. The Balaban J connectivity index is 2.14. The lowest BCUT2D eigenvalue weighted by molar-refractivity contribution is -0.109. The summed E-state index contributed by atoms with van der Waals surface area (Å²) in [6.45, 7) is 1.97. The van der Waals surface area contributed by atoms with Crippen molar-refractivity contribution in [1.29, 1.82) is 0 Å². The van der Waals surface area contributed by atoms with Gasteiger partial charge in [0.05, 0.1) is 0 Å². The SMILES string of the molecule is CC(=O)SCCCCC1=CC2=CC(P(=O)(O)O)(P(=O)(O)O)C=C2NC1. The van der Waals surface area contributed by atoms with Gasteiger partial charge in [0.2, 0.25) is 4.90 Å². The second-order valence-electron chi connectivity index (χ2n) is 5.98. The van der Waals surface area contributed by atoms with E-state index in [2.05, 4.69) is 5.32 Å². The van der Waals surface area contributed by atoms with E-state index < -0.39 is 20.1 Å². The van der Waals surface area contributed by atoms with Crippen LogP contribution >= 0.6 is 27.0 Å². The maximum atomic E-state index is 11.8. The number of nitrogens with one attached hydrogen (secondary N) is 1. The Hall–Kier alpha value is -0.660. The molecule has 25 heavy (non-hydrogen) atoms. The second-order valence-corrected chi connectivity index (χ2v) is 11.3. The zero-order valence-electron chi connectivity index (χ0n) is 13.6. The Kier molecular flexibility index (Phi) is 6.22. The van der Waals surface area contributed by atoms with Gasteiger partial charge < -0.3 is 24.9 Å². The van der Waals surface area contributed by atoms with Crippen molar-refractivity contribution in [2.75, 3.05) is 12.3 Å². The molecule has 0 aromatic heterocycles. The molecule has 0 aromatic carbocycles. The van der Waals surface area contributed by atoms with Crippen LogP contribution in [0.1, 0.15) is 26.2 Å². The fourth-order valence-electron chi connectivity index (χ4n) is 2.73. The van der Waals surface area contributed by atoms with Crippen molar-refractivity contribution < 1.29 is 33.5 Å². The summed E-state index contributed by atoms with van der Waals surface area (Å²) < 4.78 is 23.5. The van der Waals surface area contributed by atoms with E-state index in [1.807, 2.05) is 0 Å². The molecule has 0 radical (unpaired) electrons. The molecule has 8 nitrogen and oxygen atoms in total. The van der Waals surface area contributed by atoms with E-state index in [9.17, 15) is 33.5 Å². The summed E-state index contributed by atoms with van der Waals surface area (Å²) in [6, 6.07) is 0. The van der Waals surface area contributed by atoms with Crippen molar-refractivity contribution in [3.05, 3.63) is 35.1 Å². The monoisotopic (exact) mass is 409 g/mol. The van der Waals surface area contributed by atoms with Crippen LogP contribution in [0.2, 0.25) is 0 Å². The number of carbonyl (C=O) groups excluding carboxylic acids is 1. The largest absolute Gasteiger partial charge is 0.381 e. The lowest BCUT2D eigenvalue weighted by Gasteiger charge is -2.26. The van der Waals surface area contributed by atoms with E-state index in [-0.39, 0.29) is 5.12 Å². The average Bonchev–Trinajstić information content (AvgIpc) is 2.86. The summed E-state index contributed by atoms with van der Waals surface area (Å²) in [4.78, 5) is 46.3. The van der Waals surface area contributed by atoms with Gasteiger partial charge in [-0.05, 0) is 37.0 Å². The molecule has 0 bridgehead atoms. The summed E-state index contributed by atoms with van der Waals surface area (Å²) in [6.07, 6.45) is 6.07. The fraction of sp³-hybridized carbons (Fsp3) is 0.500. The highest BCUT2D eigenvalue weighted by Crippen LogP contribution is 2.72. The predicted octanol–water partition coefficient (Wildman–Crippen LogP) is 1.84. The van der Waals surface area contributed by atoms with Crippen LogP contribution in [-0.2, 0) is 13.9 Å².